The molecule has 0 unspecified atom stereocenters. The lowest BCUT2D eigenvalue weighted by atomic mass is 10.3. The lowest BCUT2D eigenvalue weighted by Crippen LogP contribution is -2.33. The van der Waals surface area contributed by atoms with Gasteiger partial charge in [-0.05, 0) is 30.5 Å². The van der Waals surface area contributed by atoms with E-state index >= 15 is 0 Å². The molecule has 1 aliphatic carbocycles. The van der Waals surface area contributed by atoms with E-state index in [4.69, 9.17) is 4.42 Å². The van der Waals surface area contributed by atoms with Crippen molar-refractivity contribution in [1.82, 2.24) is 14.5 Å². The van der Waals surface area contributed by atoms with Crippen molar-refractivity contribution in [3.05, 3.63) is 52.6 Å². The van der Waals surface area contributed by atoms with E-state index in [0.29, 0.717) is 18.4 Å². The Morgan fingerprint density at radius 3 is 2.95 bits per heavy atom. The van der Waals surface area contributed by atoms with Gasteiger partial charge >= 0.3 is 5.69 Å². The zero-order valence-corrected chi connectivity index (χ0v) is 12.7. The van der Waals surface area contributed by atoms with E-state index in [1.54, 1.807) is 24.2 Å². The molecule has 0 aliphatic heterocycles. The van der Waals surface area contributed by atoms with Crippen molar-refractivity contribution in [2.45, 2.75) is 32.4 Å². The molecular weight excluding hydrogens is 282 g/mol. The fourth-order valence-corrected chi connectivity index (χ4v) is 2.49. The maximum absolute atomic E-state index is 12.2. The van der Waals surface area contributed by atoms with Crippen LogP contribution in [0.5, 0.6) is 0 Å². The van der Waals surface area contributed by atoms with E-state index < -0.39 is 5.69 Å². The summed E-state index contributed by atoms with van der Waals surface area (Å²) in [6.45, 7) is 2.58. The summed E-state index contributed by atoms with van der Waals surface area (Å²) in [7, 11) is 1.70. The molecule has 116 valence electrons. The van der Waals surface area contributed by atoms with Gasteiger partial charge in [0.25, 0.3) is 0 Å². The minimum atomic E-state index is -0.424. The molecule has 1 saturated carbocycles. The number of aromatic nitrogens is 2. The van der Waals surface area contributed by atoms with E-state index in [2.05, 4.69) is 11.9 Å². The summed E-state index contributed by atoms with van der Waals surface area (Å²) in [4.78, 5) is 28.9. The van der Waals surface area contributed by atoms with Crippen molar-refractivity contribution in [3.8, 4) is 0 Å². The Balaban J connectivity index is 1.60. The fourth-order valence-electron chi connectivity index (χ4n) is 2.49. The third kappa shape index (κ3) is 3.10. The van der Waals surface area contributed by atoms with Gasteiger partial charge in [0.1, 0.15) is 18.1 Å². The van der Waals surface area contributed by atoms with Crippen LogP contribution in [0.4, 0.5) is 0 Å². The van der Waals surface area contributed by atoms with E-state index in [0.717, 1.165) is 11.5 Å². The molecule has 0 spiro atoms. The van der Waals surface area contributed by atoms with Crippen LogP contribution in [0.2, 0.25) is 0 Å². The molecule has 1 amide bonds. The molecule has 0 bridgehead atoms. The van der Waals surface area contributed by atoms with E-state index in [1.165, 1.54) is 17.2 Å². The molecule has 22 heavy (non-hydrogen) atoms. The third-order valence-electron chi connectivity index (χ3n) is 4.06. The highest BCUT2D eigenvalue weighted by atomic mass is 16.3. The highest BCUT2D eigenvalue weighted by Gasteiger charge is 2.36. The SMILES string of the molecule is C[C@H]1C[C@@H]1c1ccc(CN(C)C(=O)Cn2cccnc2=O)o1. The number of likely N-dealkylation sites (N-methyl/N-ethyl adjacent to an activating group) is 1. The highest BCUT2D eigenvalue weighted by Crippen LogP contribution is 2.47. The standard InChI is InChI=1S/C16H19N3O3/c1-11-8-13(11)14-5-4-12(22-14)9-18(2)15(20)10-19-7-3-6-17-16(19)21/h3-7,11,13H,8-10H2,1-2H3/t11-,13-/m0/s1. The fraction of sp³-hybridized carbons (Fsp3) is 0.438. The minimum Gasteiger partial charge on any atom is -0.464 e. The van der Waals surface area contributed by atoms with Gasteiger partial charge in [0.05, 0.1) is 6.54 Å². The van der Waals surface area contributed by atoms with Gasteiger partial charge in [0.2, 0.25) is 5.91 Å². The number of amides is 1. The predicted octanol–water partition coefficient (Wildman–Crippen LogP) is 1.62. The molecular formula is C16H19N3O3. The number of carbonyl (C=O) groups excluding carboxylic acids is 1. The molecule has 0 aromatic carbocycles. The van der Waals surface area contributed by atoms with Crippen LogP contribution < -0.4 is 5.69 Å². The number of nitrogens with zero attached hydrogens (tertiary/aromatic N) is 3. The molecule has 2 heterocycles. The van der Waals surface area contributed by atoms with Crippen molar-refractivity contribution in [3.63, 3.8) is 0 Å². The van der Waals surface area contributed by atoms with Crippen LogP contribution in [0, 0.1) is 5.92 Å². The number of hydrogen-bond donors (Lipinski definition) is 0. The summed E-state index contributed by atoms with van der Waals surface area (Å²) in [5, 5.41) is 0. The monoisotopic (exact) mass is 301 g/mol. The van der Waals surface area contributed by atoms with Gasteiger partial charge in [-0.1, -0.05) is 6.92 Å². The first kappa shape index (κ1) is 14.6. The highest BCUT2D eigenvalue weighted by molar-refractivity contribution is 5.75. The second kappa shape index (κ2) is 5.79. The molecule has 2 atom stereocenters. The second-order valence-corrected chi connectivity index (χ2v) is 5.90. The normalized spacial score (nSPS) is 19.9. The van der Waals surface area contributed by atoms with Gasteiger partial charge < -0.3 is 9.32 Å². The average molecular weight is 301 g/mol. The molecule has 0 saturated heterocycles. The number of hydrogen-bond acceptors (Lipinski definition) is 4. The summed E-state index contributed by atoms with van der Waals surface area (Å²) < 4.78 is 7.09. The largest absolute Gasteiger partial charge is 0.464 e. The van der Waals surface area contributed by atoms with Gasteiger partial charge in [0.15, 0.2) is 0 Å². The average Bonchev–Trinajstić information content (AvgIpc) is 3.04. The molecule has 2 aromatic rings. The summed E-state index contributed by atoms with van der Waals surface area (Å²) in [6, 6.07) is 5.54. The second-order valence-electron chi connectivity index (χ2n) is 5.90. The molecule has 0 radical (unpaired) electrons. The van der Waals surface area contributed by atoms with Crippen LogP contribution in [-0.2, 0) is 17.9 Å². The minimum absolute atomic E-state index is 0.0175. The zero-order chi connectivity index (χ0) is 15.7. The van der Waals surface area contributed by atoms with Crippen LogP contribution in [-0.4, -0.2) is 27.4 Å². The molecule has 1 fully saturated rings. The van der Waals surface area contributed by atoms with Crippen molar-refractivity contribution >= 4 is 5.91 Å². The van der Waals surface area contributed by atoms with Gasteiger partial charge in [-0.25, -0.2) is 9.78 Å². The Labute approximate surface area is 128 Å². The number of rotatable bonds is 5. The van der Waals surface area contributed by atoms with Crippen molar-refractivity contribution < 1.29 is 9.21 Å². The molecule has 2 aromatic heterocycles. The van der Waals surface area contributed by atoms with Crippen molar-refractivity contribution in [2.24, 2.45) is 5.92 Å². The van der Waals surface area contributed by atoms with Gasteiger partial charge in [0, 0.05) is 25.4 Å². The predicted molar refractivity (Wildman–Crippen MR) is 80.2 cm³/mol. The number of furan rings is 1. The van der Waals surface area contributed by atoms with Crippen LogP contribution in [0.15, 0.2) is 39.8 Å². The summed E-state index contributed by atoms with van der Waals surface area (Å²) >= 11 is 0. The summed E-state index contributed by atoms with van der Waals surface area (Å²) in [5.41, 5.74) is -0.424. The molecule has 6 nitrogen and oxygen atoms in total. The zero-order valence-electron chi connectivity index (χ0n) is 12.7. The molecule has 0 N–H and O–H groups in total. The van der Waals surface area contributed by atoms with Crippen LogP contribution in [0.3, 0.4) is 0 Å². The first-order valence-electron chi connectivity index (χ1n) is 7.38. The van der Waals surface area contributed by atoms with Gasteiger partial charge in [-0.3, -0.25) is 9.36 Å². The molecule has 3 rings (SSSR count). The Hall–Kier alpha value is -2.37. The lowest BCUT2D eigenvalue weighted by Gasteiger charge is -2.16. The third-order valence-corrected chi connectivity index (χ3v) is 4.06. The Morgan fingerprint density at radius 2 is 2.27 bits per heavy atom. The topological polar surface area (TPSA) is 68.3 Å². The van der Waals surface area contributed by atoms with E-state index in [-0.39, 0.29) is 12.5 Å². The Kier molecular flexibility index (Phi) is 3.83. The summed E-state index contributed by atoms with van der Waals surface area (Å²) in [5.74, 6) is 2.84. The molecule has 1 aliphatic rings. The Morgan fingerprint density at radius 1 is 1.50 bits per heavy atom. The van der Waals surface area contributed by atoms with E-state index in [9.17, 15) is 9.59 Å². The first-order valence-corrected chi connectivity index (χ1v) is 7.38. The Bertz CT molecular complexity index is 734. The van der Waals surface area contributed by atoms with Crippen LogP contribution >= 0.6 is 0 Å². The maximum Gasteiger partial charge on any atom is 0.347 e. The van der Waals surface area contributed by atoms with Gasteiger partial charge in [-0.15, -0.1) is 0 Å². The van der Waals surface area contributed by atoms with Crippen LogP contribution in [0.1, 0.15) is 30.8 Å². The smallest absolute Gasteiger partial charge is 0.347 e. The molecule has 6 heteroatoms. The summed E-state index contributed by atoms with van der Waals surface area (Å²) in [6.07, 6.45) is 4.14. The van der Waals surface area contributed by atoms with Gasteiger partial charge in [-0.2, -0.15) is 0 Å². The maximum atomic E-state index is 12.2. The van der Waals surface area contributed by atoms with E-state index in [1.807, 2.05) is 12.1 Å². The first-order chi connectivity index (χ1) is 10.5. The quantitative estimate of drug-likeness (QED) is 0.841. The number of carbonyl (C=O) groups is 1. The lowest BCUT2D eigenvalue weighted by molar-refractivity contribution is -0.131. The van der Waals surface area contributed by atoms with Crippen molar-refractivity contribution in [2.75, 3.05) is 7.05 Å². The van der Waals surface area contributed by atoms with Crippen LogP contribution in [0.25, 0.3) is 0 Å². The van der Waals surface area contributed by atoms with Crippen molar-refractivity contribution in [1.29, 1.82) is 0 Å².